The molecule has 4 nitrogen and oxygen atoms in total. The second-order valence-electron chi connectivity index (χ2n) is 4.67. The monoisotopic (exact) mass is 278 g/mol. The van der Waals surface area contributed by atoms with Gasteiger partial charge in [-0.25, -0.2) is 14.4 Å². The first kappa shape index (κ1) is 13.0. The molecule has 1 N–H and O–H groups in total. The van der Waals surface area contributed by atoms with Gasteiger partial charge < -0.3 is 5.32 Å². The Morgan fingerprint density at radius 3 is 2.67 bits per heavy atom. The summed E-state index contributed by atoms with van der Waals surface area (Å²) in [5.74, 6) is 0.137. The van der Waals surface area contributed by atoms with Crippen molar-refractivity contribution in [2.45, 2.75) is 6.92 Å². The lowest BCUT2D eigenvalue weighted by molar-refractivity contribution is 0.628. The highest BCUT2D eigenvalue weighted by Gasteiger charge is 2.05. The molecular weight excluding hydrogens is 267 g/mol. The lowest BCUT2D eigenvalue weighted by atomic mass is 10.1. The number of anilines is 2. The minimum absolute atomic E-state index is 0.295. The molecule has 0 radical (unpaired) electrons. The molecule has 21 heavy (non-hydrogen) atoms. The third-order valence-corrected chi connectivity index (χ3v) is 3.11. The number of hydrogen-bond donors (Lipinski definition) is 1. The van der Waals surface area contributed by atoms with Crippen LogP contribution < -0.4 is 5.32 Å². The van der Waals surface area contributed by atoms with Crippen LogP contribution in [0.2, 0.25) is 0 Å². The molecule has 0 amide bonds. The highest BCUT2D eigenvalue weighted by atomic mass is 19.1. The van der Waals surface area contributed by atoms with E-state index in [0.717, 1.165) is 11.3 Å². The van der Waals surface area contributed by atoms with Crippen LogP contribution in [0.3, 0.4) is 0 Å². The average Bonchev–Trinajstić information content (AvgIpc) is 2.48. The molecule has 102 valence electrons. The third kappa shape index (κ3) is 2.65. The van der Waals surface area contributed by atoms with Gasteiger partial charge in [-0.3, -0.25) is 0 Å². The highest BCUT2D eigenvalue weighted by Crippen LogP contribution is 2.20. The van der Waals surface area contributed by atoms with E-state index in [0.29, 0.717) is 22.4 Å². The zero-order valence-corrected chi connectivity index (χ0v) is 11.3. The smallest absolute Gasteiger partial charge is 0.227 e. The zero-order valence-electron chi connectivity index (χ0n) is 11.3. The zero-order chi connectivity index (χ0) is 14.8. The van der Waals surface area contributed by atoms with Crippen molar-refractivity contribution in [3.8, 4) is 6.07 Å². The molecule has 0 saturated heterocycles. The number of aryl methyl sites for hydroxylation is 1. The Morgan fingerprint density at radius 1 is 1.19 bits per heavy atom. The van der Waals surface area contributed by atoms with E-state index in [4.69, 9.17) is 5.26 Å². The molecule has 1 aromatic heterocycles. The van der Waals surface area contributed by atoms with Crippen LogP contribution in [0.15, 0.2) is 42.6 Å². The van der Waals surface area contributed by atoms with Crippen LogP contribution >= 0.6 is 0 Å². The van der Waals surface area contributed by atoms with E-state index in [-0.39, 0.29) is 5.82 Å². The lowest BCUT2D eigenvalue weighted by Crippen LogP contribution is -1.98. The van der Waals surface area contributed by atoms with Crippen LogP contribution in [0.5, 0.6) is 0 Å². The summed E-state index contributed by atoms with van der Waals surface area (Å²) >= 11 is 0. The molecule has 5 heteroatoms. The van der Waals surface area contributed by atoms with E-state index < -0.39 is 0 Å². The lowest BCUT2D eigenvalue weighted by Gasteiger charge is -2.07. The fourth-order valence-corrected chi connectivity index (χ4v) is 2.10. The molecule has 0 spiro atoms. The SMILES string of the molecule is Cc1cc(F)cc2cnc(Nc3ccc(C#N)cc3)nc12. The fraction of sp³-hybridized carbons (Fsp3) is 0.0625. The Hall–Kier alpha value is -3.00. The maximum Gasteiger partial charge on any atom is 0.227 e. The van der Waals surface area contributed by atoms with Gasteiger partial charge in [-0.15, -0.1) is 0 Å². The number of aromatic nitrogens is 2. The van der Waals surface area contributed by atoms with Crippen molar-refractivity contribution in [2.75, 3.05) is 5.32 Å². The van der Waals surface area contributed by atoms with Gasteiger partial charge in [0.15, 0.2) is 0 Å². The summed E-state index contributed by atoms with van der Waals surface area (Å²) < 4.78 is 13.3. The first-order chi connectivity index (χ1) is 10.2. The number of nitrogens with one attached hydrogen (secondary N) is 1. The molecule has 0 aliphatic heterocycles. The van der Waals surface area contributed by atoms with Gasteiger partial charge in [0.05, 0.1) is 17.1 Å². The van der Waals surface area contributed by atoms with Crippen LogP contribution in [0.25, 0.3) is 10.9 Å². The quantitative estimate of drug-likeness (QED) is 0.776. The Balaban J connectivity index is 1.95. The number of nitriles is 1. The normalized spacial score (nSPS) is 10.3. The fourth-order valence-electron chi connectivity index (χ4n) is 2.10. The average molecular weight is 278 g/mol. The third-order valence-electron chi connectivity index (χ3n) is 3.11. The van der Waals surface area contributed by atoms with Crippen molar-refractivity contribution < 1.29 is 4.39 Å². The largest absolute Gasteiger partial charge is 0.324 e. The van der Waals surface area contributed by atoms with Gasteiger partial charge in [-0.05, 0) is 48.9 Å². The molecular formula is C16H11FN4. The molecule has 3 rings (SSSR count). The highest BCUT2D eigenvalue weighted by molar-refractivity contribution is 5.82. The maximum atomic E-state index is 13.3. The molecule has 0 unspecified atom stereocenters. The van der Waals surface area contributed by atoms with Gasteiger partial charge in [0.25, 0.3) is 0 Å². The van der Waals surface area contributed by atoms with Gasteiger partial charge in [-0.1, -0.05) is 0 Å². The summed E-state index contributed by atoms with van der Waals surface area (Å²) in [4.78, 5) is 8.57. The predicted octanol–water partition coefficient (Wildman–Crippen LogP) is 3.69. The van der Waals surface area contributed by atoms with E-state index in [1.54, 1.807) is 30.5 Å². The second kappa shape index (κ2) is 5.17. The summed E-state index contributed by atoms with van der Waals surface area (Å²) in [6.07, 6.45) is 1.59. The van der Waals surface area contributed by atoms with Crippen molar-refractivity contribution in [1.29, 1.82) is 5.26 Å². The first-order valence-electron chi connectivity index (χ1n) is 6.36. The van der Waals surface area contributed by atoms with Crippen LogP contribution in [0, 0.1) is 24.1 Å². The summed E-state index contributed by atoms with van der Waals surface area (Å²) in [6, 6.07) is 11.9. The summed E-state index contributed by atoms with van der Waals surface area (Å²) in [6.45, 7) is 1.81. The van der Waals surface area contributed by atoms with Crippen molar-refractivity contribution in [2.24, 2.45) is 0 Å². The standard InChI is InChI=1S/C16H11FN4/c1-10-6-13(17)7-12-9-19-16(21-15(10)12)20-14-4-2-11(8-18)3-5-14/h2-7,9H,1H3,(H,19,20,21). The van der Waals surface area contributed by atoms with Gasteiger partial charge in [0, 0.05) is 17.3 Å². The molecule has 0 atom stereocenters. The molecule has 0 aliphatic carbocycles. The topological polar surface area (TPSA) is 61.6 Å². The summed E-state index contributed by atoms with van der Waals surface area (Å²) in [5.41, 5.74) is 2.84. The number of fused-ring (bicyclic) bond motifs is 1. The van der Waals surface area contributed by atoms with Crippen molar-refractivity contribution in [3.05, 3.63) is 59.5 Å². The molecule has 2 aromatic carbocycles. The summed E-state index contributed by atoms with van der Waals surface area (Å²) in [5, 5.41) is 12.5. The minimum Gasteiger partial charge on any atom is -0.324 e. The first-order valence-corrected chi connectivity index (χ1v) is 6.36. The van der Waals surface area contributed by atoms with Gasteiger partial charge >= 0.3 is 0 Å². The Labute approximate surface area is 120 Å². The van der Waals surface area contributed by atoms with Crippen molar-refractivity contribution in [3.63, 3.8) is 0 Å². The molecule has 0 bridgehead atoms. The van der Waals surface area contributed by atoms with E-state index in [2.05, 4.69) is 21.4 Å². The van der Waals surface area contributed by atoms with Gasteiger partial charge in [0.1, 0.15) is 5.82 Å². The Morgan fingerprint density at radius 2 is 1.95 bits per heavy atom. The van der Waals surface area contributed by atoms with Crippen molar-refractivity contribution >= 4 is 22.5 Å². The second-order valence-corrected chi connectivity index (χ2v) is 4.67. The van der Waals surface area contributed by atoms with Crippen LogP contribution in [-0.2, 0) is 0 Å². The minimum atomic E-state index is -0.295. The number of halogens is 1. The predicted molar refractivity (Wildman–Crippen MR) is 78.7 cm³/mol. The van der Waals surface area contributed by atoms with Crippen LogP contribution in [-0.4, -0.2) is 9.97 Å². The molecule has 0 aliphatic rings. The maximum absolute atomic E-state index is 13.3. The van der Waals surface area contributed by atoms with E-state index in [1.165, 1.54) is 12.1 Å². The van der Waals surface area contributed by atoms with E-state index >= 15 is 0 Å². The number of benzene rings is 2. The molecule has 0 saturated carbocycles. The summed E-state index contributed by atoms with van der Waals surface area (Å²) in [7, 11) is 0. The molecule has 0 fully saturated rings. The number of hydrogen-bond acceptors (Lipinski definition) is 4. The number of rotatable bonds is 2. The van der Waals surface area contributed by atoms with Crippen LogP contribution in [0.1, 0.15) is 11.1 Å². The van der Waals surface area contributed by atoms with Crippen LogP contribution in [0.4, 0.5) is 16.0 Å². The van der Waals surface area contributed by atoms with E-state index in [1.807, 2.05) is 6.92 Å². The Kier molecular flexibility index (Phi) is 3.20. The van der Waals surface area contributed by atoms with E-state index in [9.17, 15) is 4.39 Å². The Bertz CT molecular complexity index is 851. The number of nitrogens with zero attached hydrogens (tertiary/aromatic N) is 3. The molecule has 3 aromatic rings. The van der Waals surface area contributed by atoms with Crippen molar-refractivity contribution in [1.82, 2.24) is 9.97 Å². The molecule has 1 heterocycles. The van der Waals surface area contributed by atoms with Gasteiger partial charge in [-0.2, -0.15) is 5.26 Å². The van der Waals surface area contributed by atoms with Gasteiger partial charge in [0.2, 0.25) is 5.95 Å².